The van der Waals surface area contributed by atoms with E-state index in [1.54, 1.807) is 0 Å². The lowest BCUT2D eigenvalue weighted by molar-refractivity contribution is 1.23. The molecule has 0 saturated heterocycles. The van der Waals surface area contributed by atoms with Gasteiger partial charge in [0.05, 0.1) is 0 Å². The zero-order valence-electron chi connectivity index (χ0n) is 6.02. The van der Waals surface area contributed by atoms with Gasteiger partial charge in [-0.2, -0.15) is 0 Å². The van der Waals surface area contributed by atoms with Crippen LogP contribution in [0.25, 0.3) is 0 Å². The lowest BCUT2D eigenvalue weighted by Crippen LogP contribution is -1.77. The molecule has 0 nitrogen and oxygen atoms in total. The molecule has 0 aliphatic heterocycles. The van der Waals surface area contributed by atoms with Crippen LogP contribution in [0.1, 0.15) is 20.3 Å². The molecule has 0 fully saturated rings. The highest BCUT2D eigenvalue weighted by Crippen LogP contribution is 2.18. The molecular formula is C9H12. The largest absolute Gasteiger partial charge is 0.0844 e. The van der Waals surface area contributed by atoms with E-state index < -0.39 is 0 Å². The van der Waals surface area contributed by atoms with Crippen molar-refractivity contribution in [1.29, 1.82) is 0 Å². The second-order valence-corrected chi connectivity index (χ2v) is 2.30. The Kier molecular flexibility index (Phi) is 1.88. The fourth-order valence-electron chi connectivity index (χ4n) is 0.925. The Labute approximate surface area is 56.6 Å². The topological polar surface area (TPSA) is 0 Å². The Hall–Kier alpha value is -0.780. The van der Waals surface area contributed by atoms with Crippen molar-refractivity contribution in [1.82, 2.24) is 0 Å². The van der Waals surface area contributed by atoms with Crippen LogP contribution in [0.15, 0.2) is 35.5 Å². The van der Waals surface area contributed by atoms with Crippen molar-refractivity contribution in [3.63, 3.8) is 0 Å². The third kappa shape index (κ3) is 1.32. The Morgan fingerprint density at radius 3 is 2.89 bits per heavy atom. The van der Waals surface area contributed by atoms with Crippen LogP contribution >= 0.6 is 0 Å². The summed E-state index contributed by atoms with van der Waals surface area (Å²) in [6.45, 7) is 4.23. The molecule has 0 bridgehead atoms. The molecule has 0 heterocycles. The normalized spacial score (nSPS) is 18.4. The van der Waals surface area contributed by atoms with Gasteiger partial charge in [-0.1, -0.05) is 29.9 Å². The van der Waals surface area contributed by atoms with Gasteiger partial charge < -0.3 is 0 Å². The van der Waals surface area contributed by atoms with Gasteiger partial charge in [-0.3, -0.25) is 0 Å². The van der Waals surface area contributed by atoms with E-state index in [1.165, 1.54) is 11.1 Å². The Balaban J connectivity index is 2.66. The first-order chi connectivity index (χ1) is 4.34. The minimum atomic E-state index is 1.12. The average molecular weight is 120 g/mol. The van der Waals surface area contributed by atoms with Crippen LogP contribution in [0.4, 0.5) is 0 Å². The summed E-state index contributed by atoms with van der Waals surface area (Å²) in [5.41, 5.74) is 2.86. The molecular weight excluding hydrogens is 108 g/mol. The van der Waals surface area contributed by atoms with Gasteiger partial charge in [-0.25, -0.2) is 0 Å². The summed E-state index contributed by atoms with van der Waals surface area (Å²) in [7, 11) is 0. The van der Waals surface area contributed by atoms with Gasteiger partial charge in [0.25, 0.3) is 0 Å². The van der Waals surface area contributed by atoms with Crippen molar-refractivity contribution in [3.8, 4) is 0 Å². The van der Waals surface area contributed by atoms with Crippen molar-refractivity contribution in [2.45, 2.75) is 20.3 Å². The summed E-state index contributed by atoms with van der Waals surface area (Å²) in [5.74, 6) is 0. The highest BCUT2D eigenvalue weighted by Gasteiger charge is 1.98. The molecule has 0 aromatic heterocycles. The zero-order valence-corrected chi connectivity index (χ0v) is 6.02. The van der Waals surface area contributed by atoms with Crippen molar-refractivity contribution in [2.24, 2.45) is 0 Å². The summed E-state index contributed by atoms with van der Waals surface area (Å²) in [4.78, 5) is 0. The van der Waals surface area contributed by atoms with E-state index in [4.69, 9.17) is 0 Å². The molecule has 9 heavy (non-hydrogen) atoms. The summed E-state index contributed by atoms with van der Waals surface area (Å²) >= 11 is 0. The smallest absolute Gasteiger partial charge is 0.00918 e. The number of hydrogen-bond acceptors (Lipinski definition) is 0. The number of allylic oxidation sites excluding steroid dienone is 6. The fourth-order valence-corrected chi connectivity index (χ4v) is 0.925. The maximum Gasteiger partial charge on any atom is -0.00918 e. The first-order valence-electron chi connectivity index (χ1n) is 3.33. The second kappa shape index (κ2) is 2.67. The van der Waals surface area contributed by atoms with Crippen LogP contribution in [0.5, 0.6) is 0 Å². The molecule has 0 unspecified atom stereocenters. The van der Waals surface area contributed by atoms with Crippen LogP contribution in [-0.2, 0) is 0 Å². The number of rotatable bonds is 1. The molecule has 0 saturated carbocycles. The Morgan fingerprint density at radius 1 is 1.67 bits per heavy atom. The SMILES string of the molecule is C/C=C(/C)C1=CC=CC1. The molecule has 1 rings (SSSR count). The van der Waals surface area contributed by atoms with E-state index >= 15 is 0 Å². The molecule has 0 atom stereocenters. The van der Waals surface area contributed by atoms with Crippen molar-refractivity contribution < 1.29 is 0 Å². The Bertz CT molecular complexity index is 180. The number of hydrogen-bond donors (Lipinski definition) is 0. The van der Waals surface area contributed by atoms with Gasteiger partial charge in [-0.15, -0.1) is 0 Å². The highest BCUT2D eigenvalue weighted by atomic mass is 14.0. The minimum absolute atomic E-state index is 1.12. The molecule has 0 radical (unpaired) electrons. The van der Waals surface area contributed by atoms with Crippen LogP contribution in [0, 0.1) is 0 Å². The van der Waals surface area contributed by atoms with E-state index in [9.17, 15) is 0 Å². The van der Waals surface area contributed by atoms with Crippen LogP contribution in [0.3, 0.4) is 0 Å². The van der Waals surface area contributed by atoms with Gasteiger partial charge in [0, 0.05) is 0 Å². The highest BCUT2D eigenvalue weighted by molar-refractivity contribution is 5.37. The average Bonchev–Trinajstić information content (AvgIpc) is 2.37. The van der Waals surface area contributed by atoms with Gasteiger partial charge in [0.15, 0.2) is 0 Å². The first kappa shape index (κ1) is 6.34. The maximum atomic E-state index is 2.18. The molecule has 0 heteroatoms. The summed E-state index contributed by atoms with van der Waals surface area (Å²) < 4.78 is 0. The monoisotopic (exact) mass is 120 g/mol. The lowest BCUT2D eigenvalue weighted by atomic mass is 10.1. The van der Waals surface area contributed by atoms with Crippen LogP contribution in [0.2, 0.25) is 0 Å². The summed E-state index contributed by atoms with van der Waals surface area (Å²) in [5, 5.41) is 0. The van der Waals surface area contributed by atoms with Gasteiger partial charge in [0.2, 0.25) is 0 Å². The standard InChI is InChI=1S/C9H12/c1-3-8(2)9-6-4-5-7-9/h3-6H,7H2,1-2H3/b8-3-. The zero-order chi connectivity index (χ0) is 6.69. The van der Waals surface area contributed by atoms with E-state index in [0.29, 0.717) is 0 Å². The quantitative estimate of drug-likeness (QED) is 0.499. The van der Waals surface area contributed by atoms with Gasteiger partial charge in [0.1, 0.15) is 0 Å². The molecule has 0 aromatic rings. The molecule has 0 amide bonds. The molecule has 1 aliphatic rings. The van der Waals surface area contributed by atoms with E-state index in [2.05, 4.69) is 38.2 Å². The third-order valence-electron chi connectivity index (χ3n) is 1.71. The van der Waals surface area contributed by atoms with Gasteiger partial charge >= 0.3 is 0 Å². The second-order valence-electron chi connectivity index (χ2n) is 2.30. The molecule has 0 spiro atoms. The van der Waals surface area contributed by atoms with Crippen molar-refractivity contribution in [2.75, 3.05) is 0 Å². The predicted octanol–water partition coefficient (Wildman–Crippen LogP) is 2.84. The first-order valence-corrected chi connectivity index (χ1v) is 3.33. The molecule has 0 aromatic carbocycles. The van der Waals surface area contributed by atoms with E-state index in [-0.39, 0.29) is 0 Å². The van der Waals surface area contributed by atoms with E-state index in [1.807, 2.05) is 0 Å². The van der Waals surface area contributed by atoms with Crippen LogP contribution in [-0.4, -0.2) is 0 Å². The predicted molar refractivity (Wildman–Crippen MR) is 41.3 cm³/mol. The van der Waals surface area contributed by atoms with Gasteiger partial charge in [-0.05, 0) is 25.8 Å². The summed E-state index contributed by atoms with van der Waals surface area (Å²) in [6.07, 6.45) is 9.75. The molecule has 48 valence electrons. The summed E-state index contributed by atoms with van der Waals surface area (Å²) in [6, 6.07) is 0. The molecule has 0 N–H and O–H groups in total. The maximum absolute atomic E-state index is 2.18. The van der Waals surface area contributed by atoms with Crippen LogP contribution < -0.4 is 0 Å². The Morgan fingerprint density at radius 2 is 2.44 bits per heavy atom. The minimum Gasteiger partial charge on any atom is -0.0844 e. The van der Waals surface area contributed by atoms with Crippen molar-refractivity contribution in [3.05, 3.63) is 35.5 Å². The molecule has 1 aliphatic carbocycles. The third-order valence-corrected chi connectivity index (χ3v) is 1.71. The van der Waals surface area contributed by atoms with Crippen molar-refractivity contribution >= 4 is 0 Å². The lowest BCUT2D eigenvalue weighted by Gasteiger charge is -1.97. The van der Waals surface area contributed by atoms with E-state index in [0.717, 1.165) is 6.42 Å². The fraction of sp³-hybridized carbons (Fsp3) is 0.333.